The summed E-state index contributed by atoms with van der Waals surface area (Å²) >= 11 is 1.14. The number of benzene rings is 2. The first-order chi connectivity index (χ1) is 17.6. The highest BCUT2D eigenvalue weighted by molar-refractivity contribution is 7.92. The Hall–Kier alpha value is -3.17. The second kappa shape index (κ2) is 12.9. The summed E-state index contributed by atoms with van der Waals surface area (Å²) in [6.45, 7) is 6.70. The Morgan fingerprint density at radius 1 is 1.05 bits per heavy atom. The van der Waals surface area contributed by atoms with Gasteiger partial charge in [-0.25, -0.2) is 17.9 Å². The normalized spacial score (nSPS) is 11.4. The van der Waals surface area contributed by atoms with Crippen LogP contribution in [0.3, 0.4) is 0 Å². The summed E-state index contributed by atoms with van der Waals surface area (Å²) in [5.74, 6) is 0.194. The van der Waals surface area contributed by atoms with Crippen molar-refractivity contribution < 1.29 is 22.7 Å². The second-order valence-corrected chi connectivity index (χ2v) is 12.3. The number of nitrogens with one attached hydrogen (secondary N) is 1. The zero-order valence-corrected chi connectivity index (χ0v) is 23.3. The number of ether oxygens (including phenoxy) is 1. The minimum Gasteiger partial charge on any atom is -0.449 e. The minimum absolute atomic E-state index is 0.0517. The maximum absolute atomic E-state index is 13.1. The monoisotopic (exact) mass is 542 g/mol. The third-order valence-electron chi connectivity index (χ3n) is 5.60. The highest BCUT2D eigenvalue weighted by Gasteiger charge is 2.26. The third-order valence-corrected chi connectivity index (χ3v) is 8.61. The van der Waals surface area contributed by atoms with E-state index < -0.39 is 16.1 Å². The van der Waals surface area contributed by atoms with Gasteiger partial charge < -0.3 is 9.64 Å². The maximum Gasteiger partial charge on any atom is 0.421 e. The summed E-state index contributed by atoms with van der Waals surface area (Å²) in [4.78, 5) is 27.6. The summed E-state index contributed by atoms with van der Waals surface area (Å²) in [5.41, 5.74) is 2.67. The Labute approximate surface area is 223 Å². The number of rotatable bonds is 11. The summed E-state index contributed by atoms with van der Waals surface area (Å²) in [6, 6.07) is 18.4. The molecule has 1 N–H and O–H groups in total. The van der Waals surface area contributed by atoms with Crippen molar-refractivity contribution in [3.63, 3.8) is 0 Å². The van der Waals surface area contributed by atoms with E-state index >= 15 is 0 Å². The summed E-state index contributed by atoms with van der Waals surface area (Å²) < 4.78 is 33.4. The molecule has 0 saturated carbocycles. The molecule has 0 radical (unpaired) electrons. The molecule has 0 bridgehead atoms. The molecule has 0 aliphatic rings. The molecule has 0 saturated heterocycles. The molecule has 9 heteroatoms. The number of hydrogen-bond acceptors (Lipinski definition) is 6. The summed E-state index contributed by atoms with van der Waals surface area (Å²) in [6.07, 6.45) is 1.20. The van der Waals surface area contributed by atoms with Gasteiger partial charge in [0.2, 0.25) is 0 Å². The first kappa shape index (κ1) is 28.4. The van der Waals surface area contributed by atoms with Crippen LogP contribution in [0.15, 0.2) is 64.9 Å². The van der Waals surface area contributed by atoms with E-state index in [1.807, 2.05) is 48.0 Å². The van der Waals surface area contributed by atoms with Crippen LogP contribution in [-0.2, 0) is 27.7 Å². The van der Waals surface area contributed by atoms with Crippen LogP contribution in [0.1, 0.15) is 54.4 Å². The van der Waals surface area contributed by atoms with Crippen LogP contribution in [0.2, 0.25) is 0 Å². The van der Waals surface area contributed by atoms with E-state index in [4.69, 9.17) is 4.74 Å². The van der Waals surface area contributed by atoms with Gasteiger partial charge in [0.05, 0.1) is 6.61 Å². The van der Waals surface area contributed by atoms with Crippen molar-refractivity contribution in [2.45, 2.75) is 50.8 Å². The van der Waals surface area contributed by atoms with Crippen LogP contribution >= 0.6 is 11.3 Å². The highest BCUT2D eigenvalue weighted by atomic mass is 32.2. The number of carbonyl (C=O) groups is 2. The van der Waals surface area contributed by atoms with Gasteiger partial charge in [0.25, 0.3) is 15.9 Å². The van der Waals surface area contributed by atoms with Crippen LogP contribution in [-0.4, -0.2) is 39.0 Å². The minimum atomic E-state index is -4.15. The average Bonchev–Trinajstić information content (AvgIpc) is 3.28. The smallest absolute Gasteiger partial charge is 0.421 e. The van der Waals surface area contributed by atoms with Gasteiger partial charge in [-0.3, -0.25) is 4.79 Å². The van der Waals surface area contributed by atoms with E-state index in [0.717, 1.165) is 28.2 Å². The molecule has 0 aliphatic carbocycles. The fourth-order valence-corrected chi connectivity index (χ4v) is 6.60. The first-order valence-electron chi connectivity index (χ1n) is 12.3. The third kappa shape index (κ3) is 7.90. The summed E-state index contributed by atoms with van der Waals surface area (Å²) in [5, 5.41) is 0. The Balaban J connectivity index is 1.85. The number of carbonyl (C=O) groups excluding carboxylic acids is 2. The largest absolute Gasteiger partial charge is 0.449 e. The maximum atomic E-state index is 13.1. The van der Waals surface area contributed by atoms with Crippen molar-refractivity contribution in [2.75, 3.05) is 13.7 Å². The number of hydrogen-bond donors (Lipinski definition) is 1. The van der Waals surface area contributed by atoms with Gasteiger partial charge in [0, 0.05) is 29.6 Å². The molecule has 3 aromatic rings. The molecular weight excluding hydrogens is 508 g/mol. The van der Waals surface area contributed by atoms with Gasteiger partial charge >= 0.3 is 6.09 Å². The van der Waals surface area contributed by atoms with Crippen molar-refractivity contribution in [1.82, 2.24) is 9.62 Å². The van der Waals surface area contributed by atoms with Crippen LogP contribution < -0.4 is 4.72 Å². The molecule has 198 valence electrons. The van der Waals surface area contributed by atoms with E-state index in [2.05, 4.69) is 13.8 Å². The van der Waals surface area contributed by atoms with Crippen LogP contribution in [0.4, 0.5) is 4.79 Å². The number of nitrogens with zero attached hydrogens (tertiary/aromatic N) is 1. The summed E-state index contributed by atoms with van der Waals surface area (Å²) in [7, 11) is -2.40. The Morgan fingerprint density at radius 2 is 1.73 bits per heavy atom. The van der Waals surface area contributed by atoms with Crippen LogP contribution in [0.25, 0.3) is 11.1 Å². The molecule has 0 unspecified atom stereocenters. The van der Waals surface area contributed by atoms with Gasteiger partial charge in [-0.05, 0) is 48.1 Å². The lowest BCUT2D eigenvalue weighted by molar-refractivity contribution is 0.0785. The number of amides is 2. The van der Waals surface area contributed by atoms with E-state index in [-0.39, 0.29) is 16.7 Å². The Kier molecular flexibility index (Phi) is 9.88. The number of unbranched alkanes of at least 4 members (excludes halogenated alkanes) is 1. The fourth-order valence-electron chi connectivity index (χ4n) is 3.76. The average molecular weight is 543 g/mol. The van der Waals surface area contributed by atoms with Gasteiger partial charge in [0.15, 0.2) is 0 Å². The van der Waals surface area contributed by atoms with Crippen LogP contribution in [0, 0.1) is 5.92 Å². The van der Waals surface area contributed by atoms with Crippen molar-refractivity contribution >= 4 is 33.4 Å². The van der Waals surface area contributed by atoms with E-state index in [0.29, 0.717) is 42.0 Å². The topological polar surface area (TPSA) is 92.8 Å². The highest BCUT2D eigenvalue weighted by Crippen LogP contribution is 2.36. The number of thiophene rings is 1. The molecule has 2 aromatic carbocycles. The van der Waals surface area contributed by atoms with E-state index in [1.54, 1.807) is 36.2 Å². The molecule has 2 amide bonds. The Bertz CT molecular complexity index is 1300. The molecule has 1 aromatic heterocycles. The molecule has 7 nitrogen and oxygen atoms in total. The van der Waals surface area contributed by atoms with Crippen molar-refractivity contribution in [2.24, 2.45) is 5.92 Å². The Morgan fingerprint density at radius 3 is 2.35 bits per heavy atom. The first-order valence-corrected chi connectivity index (χ1v) is 14.6. The zero-order chi connectivity index (χ0) is 27.0. The predicted octanol–water partition coefficient (Wildman–Crippen LogP) is 6.10. The SMILES string of the molecule is CCCCOC(=O)NS(=O)(=O)c1sc(CC(C)C)cc1-c1ccc(C(=O)N(C)Cc2ccccc2)cc1. The molecule has 0 aliphatic heterocycles. The number of sulfonamides is 1. The fraction of sp³-hybridized carbons (Fsp3) is 0.357. The molecule has 3 rings (SSSR count). The van der Waals surface area contributed by atoms with Gasteiger partial charge in [0.1, 0.15) is 4.21 Å². The molecule has 0 atom stereocenters. The lowest BCUT2D eigenvalue weighted by Crippen LogP contribution is -2.31. The lowest BCUT2D eigenvalue weighted by Gasteiger charge is -2.17. The van der Waals surface area contributed by atoms with Gasteiger partial charge in [-0.15, -0.1) is 11.3 Å². The van der Waals surface area contributed by atoms with Gasteiger partial charge in [-0.2, -0.15) is 0 Å². The van der Waals surface area contributed by atoms with Crippen LogP contribution in [0.5, 0.6) is 0 Å². The standard InChI is InChI=1S/C28H34N2O5S2/c1-5-6-16-35-28(32)29-37(33,34)27-25(18-24(36-27)17-20(2)3)22-12-14-23(15-13-22)26(31)30(4)19-21-10-8-7-9-11-21/h7-15,18,20H,5-6,16-17,19H2,1-4H3,(H,29,32). The molecule has 0 spiro atoms. The quantitative estimate of drug-likeness (QED) is 0.296. The van der Waals surface area contributed by atoms with E-state index in [9.17, 15) is 18.0 Å². The van der Waals surface area contributed by atoms with Crippen molar-refractivity contribution in [3.8, 4) is 11.1 Å². The van der Waals surface area contributed by atoms with Crippen molar-refractivity contribution in [1.29, 1.82) is 0 Å². The van der Waals surface area contributed by atoms with E-state index in [1.165, 1.54) is 0 Å². The molecule has 1 heterocycles. The zero-order valence-electron chi connectivity index (χ0n) is 21.7. The molecule has 37 heavy (non-hydrogen) atoms. The lowest BCUT2D eigenvalue weighted by atomic mass is 10.0. The second-order valence-electron chi connectivity index (χ2n) is 9.33. The predicted molar refractivity (Wildman–Crippen MR) is 147 cm³/mol. The van der Waals surface area contributed by atoms with Gasteiger partial charge in [-0.1, -0.05) is 69.7 Å². The molecular formula is C28H34N2O5S2. The van der Waals surface area contributed by atoms with Crippen molar-refractivity contribution in [3.05, 3.63) is 76.7 Å². The molecule has 0 fully saturated rings.